The van der Waals surface area contributed by atoms with Crippen molar-refractivity contribution in [2.24, 2.45) is 0 Å². The summed E-state index contributed by atoms with van der Waals surface area (Å²) in [5.74, 6) is -0.124. The molecule has 0 bridgehead atoms. The number of ether oxygens (including phenoxy) is 1. The van der Waals surface area contributed by atoms with Crippen molar-refractivity contribution in [1.82, 2.24) is 0 Å². The Morgan fingerprint density at radius 3 is 2.23 bits per heavy atom. The quantitative estimate of drug-likeness (QED) is 0.446. The maximum Gasteiger partial charge on any atom is 0.343 e. The molecule has 3 aromatic carbocycles. The zero-order valence-corrected chi connectivity index (χ0v) is 13.3. The van der Waals surface area contributed by atoms with Gasteiger partial charge in [0.1, 0.15) is 0 Å². The fraction of sp³-hybridized carbons (Fsp3) is 0.0556. The van der Waals surface area contributed by atoms with Crippen LogP contribution in [0.1, 0.15) is 15.9 Å². The monoisotopic (exact) mass is 330 g/mol. The molecule has 110 valence electrons. The number of hydrogen-bond donors (Lipinski definition) is 0. The van der Waals surface area contributed by atoms with Gasteiger partial charge in [0.25, 0.3) is 0 Å². The van der Waals surface area contributed by atoms with Crippen molar-refractivity contribution in [2.75, 3.05) is 0 Å². The molecule has 0 saturated carbocycles. The molecule has 0 aliphatic rings. The molecule has 0 saturated heterocycles. The predicted molar refractivity (Wildman–Crippen MR) is 90.1 cm³/mol. The smallest absolute Gasteiger partial charge is 0.343 e. The van der Waals surface area contributed by atoms with Gasteiger partial charge in [0.2, 0.25) is 0 Å². The molecule has 0 fully saturated rings. The molecule has 0 radical (unpaired) electrons. The van der Waals surface area contributed by atoms with E-state index in [1.165, 1.54) is 0 Å². The average Bonchev–Trinajstić information content (AvgIpc) is 2.52. The number of benzene rings is 3. The van der Waals surface area contributed by atoms with Crippen LogP contribution in [0.3, 0.4) is 0 Å². The van der Waals surface area contributed by atoms with Crippen LogP contribution in [0, 0.1) is 6.92 Å². The second-order valence-electron chi connectivity index (χ2n) is 4.97. The maximum absolute atomic E-state index is 12.3. The third-order valence-corrected chi connectivity index (χ3v) is 3.97. The highest BCUT2D eigenvalue weighted by Crippen LogP contribution is 2.38. The minimum atomic E-state index is -0.450. The first-order valence-electron chi connectivity index (χ1n) is 6.72. The molecule has 0 unspecified atom stereocenters. The van der Waals surface area contributed by atoms with Crippen molar-refractivity contribution in [3.63, 3.8) is 0 Å². The number of aryl methyl sites for hydroxylation is 1. The van der Waals surface area contributed by atoms with Crippen molar-refractivity contribution in [3.8, 4) is 5.75 Å². The highest BCUT2D eigenvalue weighted by molar-refractivity contribution is 6.40. The summed E-state index contributed by atoms with van der Waals surface area (Å²) in [6, 6.07) is 16.2. The summed E-state index contributed by atoms with van der Waals surface area (Å²) in [5, 5.41) is 2.33. The van der Waals surface area contributed by atoms with Crippen LogP contribution in [0.5, 0.6) is 5.75 Å². The van der Waals surface area contributed by atoms with Crippen LogP contribution < -0.4 is 4.74 Å². The Hall–Kier alpha value is -2.03. The third kappa shape index (κ3) is 2.80. The third-order valence-electron chi connectivity index (χ3n) is 3.38. The Morgan fingerprint density at radius 1 is 0.909 bits per heavy atom. The zero-order chi connectivity index (χ0) is 15.7. The first-order chi connectivity index (χ1) is 10.6. The van der Waals surface area contributed by atoms with Crippen LogP contribution in [0.15, 0.2) is 54.6 Å². The van der Waals surface area contributed by atoms with Crippen molar-refractivity contribution >= 4 is 39.9 Å². The number of hydrogen-bond acceptors (Lipinski definition) is 2. The van der Waals surface area contributed by atoms with E-state index in [2.05, 4.69) is 0 Å². The van der Waals surface area contributed by atoms with Gasteiger partial charge in [-0.3, -0.25) is 0 Å². The fourth-order valence-corrected chi connectivity index (χ4v) is 2.80. The van der Waals surface area contributed by atoms with E-state index in [-0.39, 0.29) is 0 Å². The lowest BCUT2D eigenvalue weighted by Gasteiger charge is -2.11. The van der Waals surface area contributed by atoms with Crippen LogP contribution in [-0.4, -0.2) is 5.97 Å². The average molecular weight is 331 g/mol. The molecule has 0 heterocycles. The van der Waals surface area contributed by atoms with Gasteiger partial charge in [0.05, 0.1) is 15.6 Å². The number of halogens is 2. The van der Waals surface area contributed by atoms with E-state index in [0.717, 1.165) is 10.9 Å². The van der Waals surface area contributed by atoms with E-state index in [9.17, 15) is 4.79 Å². The highest BCUT2D eigenvalue weighted by Gasteiger charge is 2.15. The lowest BCUT2D eigenvalue weighted by Crippen LogP contribution is -2.09. The van der Waals surface area contributed by atoms with Crippen LogP contribution in [0.2, 0.25) is 10.0 Å². The molecule has 0 aromatic heterocycles. The summed E-state index contributed by atoms with van der Waals surface area (Å²) in [7, 11) is 0. The van der Waals surface area contributed by atoms with Crippen molar-refractivity contribution in [1.29, 1.82) is 0 Å². The first kappa shape index (κ1) is 14.9. The molecule has 0 N–H and O–H groups in total. The van der Waals surface area contributed by atoms with Gasteiger partial charge in [-0.2, -0.15) is 0 Å². The van der Waals surface area contributed by atoms with Crippen LogP contribution in [0.4, 0.5) is 0 Å². The summed E-state index contributed by atoms with van der Waals surface area (Å²) in [5.41, 5.74) is 1.55. The normalized spacial score (nSPS) is 10.7. The van der Waals surface area contributed by atoms with Gasteiger partial charge in [-0.05, 0) is 25.1 Å². The molecule has 0 amide bonds. The van der Waals surface area contributed by atoms with E-state index < -0.39 is 5.97 Å². The zero-order valence-electron chi connectivity index (χ0n) is 11.8. The molecule has 0 aliphatic carbocycles. The number of carbonyl (C=O) groups excluding carboxylic acids is 1. The Balaban J connectivity index is 2.03. The molecular formula is C18H12Cl2O2. The second kappa shape index (κ2) is 5.99. The van der Waals surface area contributed by atoms with E-state index in [0.29, 0.717) is 26.7 Å². The van der Waals surface area contributed by atoms with Crippen LogP contribution in [-0.2, 0) is 0 Å². The second-order valence-corrected chi connectivity index (χ2v) is 5.78. The van der Waals surface area contributed by atoms with Gasteiger partial charge < -0.3 is 4.74 Å². The lowest BCUT2D eigenvalue weighted by atomic mass is 10.1. The van der Waals surface area contributed by atoms with E-state index in [4.69, 9.17) is 27.9 Å². The summed E-state index contributed by atoms with van der Waals surface area (Å²) in [6.07, 6.45) is 0. The molecule has 0 atom stereocenters. The van der Waals surface area contributed by atoms with E-state index in [1.54, 1.807) is 18.2 Å². The molecule has 0 spiro atoms. The number of fused-ring (bicyclic) bond motifs is 1. The highest BCUT2D eigenvalue weighted by atomic mass is 35.5. The maximum atomic E-state index is 12.3. The summed E-state index contributed by atoms with van der Waals surface area (Å²) in [6.45, 7) is 1.96. The minimum absolute atomic E-state index is 0.309. The summed E-state index contributed by atoms with van der Waals surface area (Å²) < 4.78 is 5.51. The topological polar surface area (TPSA) is 26.3 Å². The Bertz CT molecular complexity index is 855. The summed E-state index contributed by atoms with van der Waals surface area (Å²) in [4.78, 5) is 12.3. The fourth-order valence-electron chi connectivity index (χ4n) is 2.22. The molecule has 2 nitrogen and oxygen atoms in total. The van der Waals surface area contributed by atoms with E-state index >= 15 is 0 Å². The van der Waals surface area contributed by atoms with Gasteiger partial charge in [-0.15, -0.1) is 0 Å². The largest absolute Gasteiger partial charge is 0.421 e. The number of rotatable bonds is 2. The van der Waals surface area contributed by atoms with Crippen molar-refractivity contribution in [2.45, 2.75) is 6.92 Å². The van der Waals surface area contributed by atoms with Crippen molar-refractivity contribution in [3.05, 3.63) is 75.8 Å². The lowest BCUT2D eigenvalue weighted by molar-refractivity contribution is 0.0737. The standard InChI is InChI=1S/C18H12Cl2O2/c1-11-6-8-12(9-7-11)18(21)22-17-14-5-3-2-4-13(14)15(19)10-16(17)20/h2-10H,1H3. The molecule has 0 aliphatic heterocycles. The number of esters is 1. The molecular weight excluding hydrogens is 319 g/mol. The van der Waals surface area contributed by atoms with Crippen LogP contribution in [0.25, 0.3) is 10.8 Å². The Labute approximate surface area is 138 Å². The van der Waals surface area contributed by atoms with Crippen LogP contribution >= 0.6 is 23.2 Å². The predicted octanol–water partition coefficient (Wildman–Crippen LogP) is 5.67. The van der Waals surface area contributed by atoms with Gasteiger partial charge in [-0.1, -0.05) is 65.2 Å². The Morgan fingerprint density at radius 2 is 1.55 bits per heavy atom. The molecule has 4 heteroatoms. The summed E-state index contributed by atoms with van der Waals surface area (Å²) >= 11 is 12.4. The van der Waals surface area contributed by atoms with Gasteiger partial charge in [0.15, 0.2) is 5.75 Å². The minimum Gasteiger partial charge on any atom is -0.421 e. The molecule has 3 aromatic rings. The van der Waals surface area contributed by atoms with E-state index in [1.807, 2.05) is 43.3 Å². The van der Waals surface area contributed by atoms with Crippen molar-refractivity contribution < 1.29 is 9.53 Å². The van der Waals surface area contributed by atoms with Gasteiger partial charge >= 0.3 is 5.97 Å². The first-order valence-corrected chi connectivity index (χ1v) is 7.47. The molecule has 3 rings (SSSR count). The van der Waals surface area contributed by atoms with Gasteiger partial charge in [0, 0.05) is 10.8 Å². The van der Waals surface area contributed by atoms with Gasteiger partial charge in [-0.25, -0.2) is 4.79 Å². The molecule has 22 heavy (non-hydrogen) atoms. The SMILES string of the molecule is Cc1ccc(C(=O)Oc2c(Cl)cc(Cl)c3ccccc23)cc1. The number of carbonyl (C=O) groups is 1. The Kier molecular flexibility index (Phi) is 4.06.